The summed E-state index contributed by atoms with van der Waals surface area (Å²) in [6.45, 7) is 9.02. The molecule has 7 nitrogen and oxygen atoms in total. The fraction of sp³-hybridized carbons (Fsp3) is 0.400. The number of aryl methyl sites for hydroxylation is 2. The third-order valence-electron chi connectivity index (χ3n) is 4.42. The summed E-state index contributed by atoms with van der Waals surface area (Å²) < 4.78 is 5.31. The van der Waals surface area contributed by atoms with Gasteiger partial charge in [0.2, 0.25) is 0 Å². The van der Waals surface area contributed by atoms with E-state index < -0.39 is 0 Å². The van der Waals surface area contributed by atoms with E-state index in [1.54, 1.807) is 35.4 Å². The van der Waals surface area contributed by atoms with Crippen LogP contribution in [0.3, 0.4) is 0 Å². The van der Waals surface area contributed by atoms with Crippen LogP contribution in [0, 0.1) is 13.8 Å². The van der Waals surface area contributed by atoms with E-state index in [0.717, 1.165) is 34.1 Å². The Morgan fingerprint density at radius 1 is 1.41 bits per heavy atom. The smallest absolute Gasteiger partial charge is 0.253 e. The Kier molecular flexibility index (Phi) is 7.79. The van der Waals surface area contributed by atoms with Crippen LogP contribution >= 0.6 is 23.1 Å². The largest absolute Gasteiger partial charge is 0.381 e. The molecule has 1 aliphatic heterocycles. The van der Waals surface area contributed by atoms with Crippen LogP contribution in [0.5, 0.6) is 0 Å². The molecule has 2 aromatic rings. The molecule has 3 heterocycles. The van der Waals surface area contributed by atoms with Gasteiger partial charge in [-0.15, -0.1) is 23.1 Å². The van der Waals surface area contributed by atoms with Gasteiger partial charge in [0, 0.05) is 25.5 Å². The molecule has 2 N–H and O–H groups in total. The fourth-order valence-corrected chi connectivity index (χ4v) is 4.55. The Bertz CT molecular complexity index is 873. The average molecular weight is 432 g/mol. The standard InChI is InChI=1S/C20H25N5O2S2/c1-13-19(29-14(2)24-13)17(21-3)11-28-12-23-18-5-4-15(10-22-18)20(26)25-16-6-8-27-9-7-16/h4-5,10-11,16H,3,6-9,12H2,1-2H3,(H,22,23)(H,25,26)/b17-11-. The van der Waals surface area contributed by atoms with Gasteiger partial charge in [-0.05, 0) is 50.9 Å². The number of pyridine rings is 1. The number of carbonyl (C=O) groups excluding carboxylic acids is 1. The molecule has 0 saturated carbocycles. The first-order valence-corrected chi connectivity index (χ1v) is 11.2. The molecule has 2 aromatic heterocycles. The lowest BCUT2D eigenvalue weighted by atomic mass is 10.1. The highest BCUT2D eigenvalue weighted by Gasteiger charge is 2.17. The number of amides is 1. The number of nitrogens with zero attached hydrogens (tertiary/aromatic N) is 3. The molecule has 1 fully saturated rings. The van der Waals surface area contributed by atoms with Crippen LogP contribution in [0.2, 0.25) is 0 Å². The quantitative estimate of drug-likeness (QED) is 0.375. The molecule has 9 heteroatoms. The second kappa shape index (κ2) is 10.5. The molecule has 3 rings (SSSR count). The summed E-state index contributed by atoms with van der Waals surface area (Å²) in [7, 11) is 0. The Hall–Kier alpha value is -2.23. The number of aliphatic imine (C=N–C) groups is 1. The molecule has 0 radical (unpaired) electrons. The number of ether oxygens (including phenoxy) is 1. The predicted molar refractivity (Wildman–Crippen MR) is 121 cm³/mol. The highest BCUT2D eigenvalue weighted by Crippen LogP contribution is 2.28. The second-order valence-corrected chi connectivity index (χ2v) is 8.65. The molecule has 0 spiro atoms. The Balaban J connectivity index is 1.49. The minimum absolute atomic E-state index is 0.0924. The highest BCUT2D eigenvalue weighted by atomic mass is 32.2. The van der Waals surface area contributed by atoms with Crippen LogP contribution in [0.4, 0.5) is 5.82 Å². The van der Waals surface area contributed by atoms with Crippen molar-refractivity contribution in [2.24, 2.45) is 4.99 Å². The third-order valence-corrected chi connectivity index (χ3v) is 6.22. The van der Waals surface area contributed by atoms with Gasteiger partial charge in [-0.2, -0.15) is 0 Å². The minimum Gasteiger partial charge on any atom is -0.381 e. The molecule has 0 bridgehead atoms. The van der Waals surface area contributed by atoms with Crippen molar-refractivity contribution in [3.05, 3.63) is 44.9 Å². The monoisotopic (exact) mass is 431 g/mol. The van der Waals surface area contributed by atoms with Gasteiger partial charge < -0.3 is 15.4 Å². The second-order valence-electron chi connectivity index (χ2n) is 6.59. The van der Waals surface area contributed by atoms with Crippen molar-refractivity contribution in [1.29, 1.82) is 0 Å². The number of carbonyl (C=O) groups is 1. The summed E-state index contributed by atoms with van der Waals surface area (Å²) in [6.07, 6.45) is 3.30. The molecule has 0 atom stereocenters. The lowest BCUT2D eigenvalue weighted by Crippen LogP contribution is -2.38. The number of anilines is 1. The van der Waals surface area contributed by atoms with Gasteiger partial charge in [0.05, 0.1) is 32.7 Å². The van der Waals surface area contributed by atoms with Crippen LogP contribution in [0.15, 0.2) is 28.7 Å². The molecule has 0 aliphatic carbocycles. The summed E-state index contributed by atoms with van der Waals surface area (Å²) in [4.78, 5) is 26.2. The normalized spacial score (nSPS) is 15.2. The highest BCUT2D eigenvalue weighted by molar-refractivity contribution is 8.02. The van der Waals surface area contributed by atoms with Crippen molar-refractivity contribution in [3.63, 3.8) is 0 Å². The lowest BCUT2D eigenvalue weighted by Gasteiger charge is -2.23. The summed E-state index contributed by atoms with van der Waals surface area (Å²) >= 11 is 3.18. The van der Waals surface area contributed by atoms with Gasteiger partial charge in [0.25, 0.3) is 5.91 Å². The zero-order chi connectivity index (χ0) is 20.6. The molecule has 0 unspecified atom stereocenters. The number of nitrogens with one attached hydrogen (secondary N) is 2. The first-order valence-electron chi connectivity index (χ1n) is 9.38. The van der Waals surface area contributed by atoms with Crippen molar-refractivity contribution >= 4 is 47.2 Å². The van der Waals surface area contributed by atoms with E-state index in [4.69, 9.17) is 4.74 Å². The van der Waals surface area contributed by atoms with Gasteiger partial charge >= 0.3 is 0 Å². The average Bonchev–Trinajstić information content (AvgIpc) is 3.07. The molecule has 29 heavy (non-hydrogen) atoms. The van der Waals surface area contributed by atoms with E-state index in [0.29, 0.717) is 30.5 Å². The summed E-state index contributed by atoms with van der Waals surface area (Å²) in [5.74, 6) is 1.24. The van der Waals surface area contributed by atoms with Crippen LogP contribution in [-0.4, -0.2) is 47.7 Å². The van der Waals surface area contributed by atoms with E-state index in [2.05, 4.69) is 32.3 Å². The van der Waals surface area contributed by atoms with E-state index in [1.165, 1.54) is 0 Å². The molecule has 0 aromatic carbocycles. The van der Waals surface area contributed by atoms with Crippen LogP contribution in [-0.2, 0) is 4.74 Å². The van der Waals surface area contributed by atoms with Gasteiger partial charge in [0.1, 0.15) is 5.82 Å². The number of thiazole rings is 1. The van der Waals surface area contributed by atoms with Gasteiger partial charge in [0.15, 0.2) is 0 Å². The summed E-state index contributed by atoms with van der Waals surface area (Å²) in [5, 5.41) is 9.25. The van der Waals surface area contributed by atoms with E-state index in [9.17, 15) is 4.79 Å². The first kappa shape index (κ1) is 21.5. The molecule has 1 aliphatic rings. The van der Waals surface area contributed by atoms with Crippen molar-refractivity contribution in [2.45, 2.75) is 32.7 Å². The number of thioether (sulfide) groups is 1. The van der Waals surface area contributed by atoms with Crippen molar-refractivity contribution < 1.29 is 9.53 Å². The fourth-order valence-electron chi connectivity index (χ4n) is 2.91. The van der Waals surface area contributed by atoms with Gasteiger partial charge in [-0.1, -0.05) is 0 Å². The number of rotatable bonds is 8. The Morgan fingerprint density at radius 3 is 2.83 bits per heavy atom. The number of hydrogen-bond acceptors (Lipinski definition) is 8. The number of aromatic nitrogens is 2. The van der Waals surface area contributed by atoms with E-state index >= 15 is 0 Å². The van der Waals surface area contributed by atoms with Gasteiger partial charge in [-0.25, -0.2) is 9.97 Å². The van der Waals surface area contributed by atoms with Crippen molar-refractivity contribution in [1.82, 2.24) is 15.3 Å². The topological polar surface area (TPSA) is 88.5 Å². The maximum atomic E-state index is 12.3. The lowest BCUT2D eigenvalue weighted by molar-refractivity contribution is 0.0696. The predicted octanol–water partition coefficient (Wildman–Crippen LogP) is 3.87. The zero-order valence-electron chi connectivity index (χ0n) is 16.6. The molecular formula is C20H25N5O2S2. The van der Waals surface area contributed by atoms with E-state index in [-0.39, 0.29) is 11.9 Å². The summed E-state index contributed by atoms with van der Waals surface area (Å²) in [6, 6.07) is 3.77. The summed E-state index contributed by atoms with van der Waals surface area (Å²) in [5.41, 5.74) is 2.35. The van der Waals surface area contributed by atoms with Crippen LogP contribution in [0.25, 0.3) is 5.70 Å². The molecular weight excluding hydrogens is 406 g/mol. The molecule has 1 saturated heterocycles. The minimum atomic E-state index is -0.0924. The SMILES string of the molecule is C=N/C(=C\SCNc1ccc(C(=O)NC2CCOCC2)cn1)c1sc(C)nc1C. The van der Waals surface area contributed by atoms with Crippen molar-refractivity contribution in [2.75, 3.05) is 24.4 Å². The van der Waals surface area contributed by atoms with Crippen LogP contribution < -0.4 is 10.6 Å². The van der Waals surface area contributed by atoms with E-state index in [1.807, 2.05) is 25.3 Å². The van der Waals surface area contributed by atoms with Crippen molar-refractivity contribution in [3.8, 4) is 0 Å². The van der Waals surface area contributed by atoms with Gasteiger partial charge in [-0.3, -0.25) is 9.79 Å². The molecule has 1 amide bonds. The maximum absolute atomic E-state index is 12.3. The maximum Gasteiger partial charge on any atom is 0.253 e. The number of hydrogen-bond donors (Lipinski definition) is 2. The Morgan fingerprint density at radius 2 is 2.21 bits per heavy atom. The first-order chi connectivity index (χ1) is 14.1. The van der Waals surface area contributed by atoms with Crippen LogP contribution in [0.1, 0.15) is 38.8 Å². The zero-order valence-corrected chi connectivity index (χ0v) is 18.2. The Labute approximate surface area is 179 Å². The molecule has 154 valence electrons. The third kappa shape index (κ3) is 6.12.